The number of nitrogens with zero attached hydrogens (tertiary/aromatic N) is 4. The molecule has 0 bridgehead atoms. The molecule has 7 heteroatoms. The number of hydrogen-bond acceptors (Lipinski definition) is 6. The van der Waals surface area contributed by atoms with Gasteiger partial charge in [-0.2, -0.15) is 10.1 Å². The number of rotatable bonds is 8. The molecule has 0 amide bonds. The number of ether oxygens (including phenoxy) is 1. The van der Waals surface area contributed by atoms with Gasteiger partial charge in [-0.1, -0.05) is 35.9 Å². The van der Waals surface area contributed by atoms with Crippen LogP contribution >= 0.6 is 0 Å². The maximum atomic E-state index is 5.62. The van der Waals surface area contributed by atoms with Crippen LogP contribution in [0.3, 0.4) is 0 Å². The zero-order chi connectivity index (χ0) is 23.6. The van der Waals surface area contributed by atoms with Gasteiger partial charge in [-0.05, 0) is 64.3 Å². The number of methoxy groups -OCH3 is 1. The van der Waals surface area contributed by atoms with E-state index in [-0.39, 0.29) is 5.60 Å². The minimum Gasteiger partial charge on any atom is -0.379 e. The molecule has 172 valence electrons. The SMILES string of the molecule is COC(C)(C)CCn1nc(Nc2c(C)cccc2C)c2cnc(Nc3ccc(C)cc3)nc21. The van der Waals surface area contributed by atoms with Gasteiger partial charge in [-0.3, -0.25) is 0 Å². The zero-order valence-electron chi connectivity index (χ0n) is 20.2. The van der Waals surface area contributed by atoms with Crippen molar-refractivity contribution in [2.75, 3.05) is 17.7 Å². The van der Waals surface area contributed by atoms with Crippen molar-refractivity contribution in [1.29, 1.82) is 0 Å². The van der Waals surface area contributed by atoms with Crippen molar-refractivity contribution in [1.82, 2.24) is 19.7 Å². The number of nitrogens with one attached hydrogen (secondary N) is 2. The van der Waals surface area contributed by atoms with Gasteiger partial charge in [0, 0.05) is 31.2 Å². The van der Waals surface area contributed by atoms with E-state index < -0.39 is 0 Å². The average Bonchev–Trinajstić information content (AvgIpc) is 3.13. The molecule has 4 rings (SSSR count). The van der Waals surface area contributed by atoms with E-state index in [1.165, 1.54) is 5.56 Å². The summed E-state index contributed by atoms with van der Waals surface area (Å²) < 4.78 is 7.55. The highest BCUT2D eigenvalue weighted by molar-refractivity contribution is 5.90. The minimum atomic E-state index is -0.255. The second kappa shape index (κ2) is 9.19. The molecule has 0 radical (unpaired) electrons. The summed E-state index contributed by atoms with van der Waals surface area (Å²) in [6, 6.07) is 14.4. The van der Waals surface area contributed by atoms with Gasteiger partial charge in [-0.25, -0.2) is 9.67 Å². The Kier molecular flexibility index (Phi) is 6.33. The molecule has 2 aromatic heterocycles. The van der Waals surface area contributed by atoms with Crippen molar-refractivity contribution in [3.05, 3.63) is 65.4 Å². The lowest BCUT2D eigenvalue weighted by atomic mass is 10.1. The van der Waals surface area contributed by atoms with Crippen molar-refractivity contribution in [2.24, 2.45) is 0 Å². The predicted octanol–water partition coefficient (Wildman–Crippen LogP) is 6.05. The first kappa shape index (κ1) is 22.7. The van der Waals surface area contributed by atoms with Crippen molar-refractivity contribution >= 4 is 34.2 Å². The topological polar surface area (TPSA) is 76.9 Å². The first-order valence-corrected chi connectivity index (χ1v) is 11.2. The van der Waals surface area contributed by atoms with Crippen LogP contribution in [-0.4, -0.2) is 32.5 Å². The lowest BCUT2D eigenvalue weighted by molar-refractivity contribution is 0.0116. The third-order valence-corrected chi connectivity index (χ3v) is 6.00. The molecule has 0 unspecified atom stereocenters. The van der Waals surface area contributed by atoms with Gasteiger partial charge in [0.05, 0.1) is 11.0 Å². The highest BCUT2D eigenvalue weighted by atomic mass is 16.5. The van der Waals surface area contributed by atoms with Crippen LogP contribution in [-0.2, 0) is 11.3 Å². The molecule has 0 saturated carbocycles. The normalized spacial score (nSPS) is 11.7. The van der Waals surface area contributed by atoms with E-state index in [4.69, 9.17) is 14.8 Å². The summed E-state index contributed by atoms with van der Waals surface area (Å²) in [5, 5.41) is 12.6. The summed E-state index contributed by atoms with van der Waals surface area (Å²) in [5.74, 6) is 1.29. The number of anilines is 4. The van der Waals surface area contributed by atoms with E-state index in [1.807, 2.05) is 23.0 Å². The Labute approximate surface area is 195 Å². The minimum absolute atomic E-state index is 0.255. The summed E-state index contributed by atoms with van der Waals surface area (Å²) >= 11 is 0. The Balaban J connectivity index is 1.72. The maximum absolute atomic E-state index is 5.62. The smallest absolute Gasteiger partial charge is 0.229 e. The van der Waals surface area contributed by atoms with Crippen LogP contribution in [0.2, 0.25) is 0 Å². The number of para-hydroxylation sites is 1. The Morgan fingerprint density at radius 3 is 2.33 bits per heavy atom. The first-order chi connectivity index (χ1) is 15.8. The second-order valence-electron chi connectivity index (χ2n) is 9.10. The van der Waals surface area contributed by atoms with E-state index in [0.717, 1.165) is 45.8 Å². The van der Waals surface area contributed by atoms with Gasteiger partial charge in [0.1, 0.15) is 0 Å². The molecule has 33 heavy (non-hydrogen) atoms. The maximum Gasteiger partial charge on any atom is 0.229 e. The molecule has 0 aliphatic carbocycles. The molecule has 0 atom stereocenters. The van der Waals surface area contributed by atoms with Crippen molar-refractivity contribution in [3.8, 4) is 0 Å². The summed E-state index contributed by atoms with van der Waals surface area (Å²) in [6.07, 6.45) is 2.63. The van der Waals surface area contributed by atoms with Crippen LogP contribution < -0.4 is 10.6 Å². The fourth-order valence-corrected chi connectivity index (χ4v) is 3.64. The van der Waals surface area contributed by atoms with Gasteiger partial charge in [-0.15, -0.1) is 0 Å². The summed E-state index contributed by atoms with van der Waals surface area (Å²) in [7, 11) is 1.74. The van der Waals surface area contributed by atoms with Gasteiger partial charge >= 0.3 is 0 Å². The van der Waals surface area contributed by atoms with Gasteiger partial charge < -0.3 is 15.4 Å². The van der Waals surface area contributed by atoms with Crippen LogP contribution in [0.4, 0.5) is 23.1 Å². The number of aromatic nitrogens is 4. The van der Waals surface area contributed by atoms with Crippen LogP contribution in [0.1, 0.15) is 37.0 Å². The molecule has 0 aliphatic rings. The Morgan fingerprint density at radius 1 is 0.970 bits per heavy atom. The van der Waals surface area contributed by atoms with E-state index in [1.54, 1.807) is 7.11 Å². The second-order valence-corrected chi connectivity index (χ2v) is 9.10. The van der Waals surface area contributed by atoms with Crippen molar-refractivity contribution in [2.45, 2.75) is 53.2 Å². The van der Waals surface area contributed by atoms with E-state index in [2.05, 4.69) is 80.6 Å². The third-order valence-electron chi connectivity index (χ3n) is 6.00. The Morgan fingerprint density at radius 2 is 1.67 bits per heavy atom. The first-order valence-electron chi connectivity index (χ1n) is 11.2. The Bertz CT molecular complexity index is 1240. The molecule has 7 nitrogen and oxygen atoms in total. The fourth-order valence-electron chi connectivity index (χ4n) is 3.64. The molecule has 2 heterocycles. The molecule has 2 N–H and O–H groups in total. The highest BCUT2D eigenvalue weighted by Gasteiger charge is 2.20. The van der Waals surface area contributed by atoms with Gasteiger partial charge in [0.2, 0.25) is 5.95 Å². The van der Waals surface area contributed by atoms with Crippen LogP contribution in [0.15, 0.2) is 48.7 Å². The van der Waals surface area contributed by atoms with E-state index in [9.17, 15) is 0 Å². The summed E-state index contributed by atoms with van der Waals surface area (Å²) in [6.45, 7) is 11.1. The van der Waals surface area contributed by atoms with Gasteiger partial charge in [0.25, 0.3) is 0 Å². The lowest BCUT2D eigenvalue weighted by Gasteiger charge is -2.22. The van der Waals surface area contributed by atoms with Crippen molar-refractivity contribution in [3.63, 3.8) is 0 Å². The number of hydrogen-bond donors (Lipinski definition) is 2. The molecular formula is C26H32N6O. The standard InChI is InChI=1S/C26H32N6O/c1-17-10-12-20(13-11-17)28-25-27-16-21-23(29-22-18(2)8-7-9-19(22)3)31-32(24(21)30-25)15-14-26(4,5)33-6/h7-13,16H,14-15H2,1-6H3,(H,29,31)(H,27,28,30). The summed E-state index contributed by atoms with van der Waals surface area (Å²) in [5.41, 5.74) is 6.06. The number of fused-ring (bicyclic) bond motifs is 1. The summed E-state index contributed by atoms with van der Waals surface area (Å²) in [4.78, 5) is 9.39. The predicted molar refractivity (Wildman–Crippen MR) is 135 cm³/mol. The monoisotopic (exact) mass is 444 g/mol. The lowest BCUT2D eigenvalue weighted by Crippen LogP contribution is -2.24. The molecule has 0 saturated heterocycles. The molecule has 2 aromatic carbocycles. The number of benzene rings is 2. The quantitative estimate of drug-likeness (QED) is 0.344. The zero-order valence-corrected chi connectivity index (χ0v) is 20.2. The highest BCUT2D eigenvalue weighted by Crippen LogP contribution is 2.30. The molecular weight excluding hydrogens is 412 g/mol. The van der Waals surface area contributed by atoms with Crippen molar-refractivity contribution < 1.29 is 4.74 Å². The van der Waals surface area contributed by atoms with Crippen LogP contribution in [0, 0.1) is 20.8 Å². The average molecular weight is 445 g/mol. The molecule has 0 aliphatic heterocycles. The van der Waals surface area contributed by atoms with Crippen LogP contribution in [0.5, 0.6) is 0 Å². The third kappa shape index (κ3) is 5.14. The van der Waals surface area contributed by atoms with Crippen LogP contribution in [0.25, 0.3) is 11.0 Å². The number of aryl methyl sites for hydroxylation is 4. The van der Waals surface area contributed by atoms with E-state index in [0.29, 0.717) is 12.5 Å². The largest absolute Gasteiger partial charge is 0.379 e. The Hall–Kier alpha value is -3.45. The fraction of sp³-hybridized carbons (Fsp3) is 0.346. The molecule has 0 spiro atoms. The molecule has 0 fully saturated rings. The van der Waals surface area contributed by atoms with Gasteiger partial charge in [0.15, 0.2) is 11.5 Å². The van der Waals surface area contributed by atoms with E-state index >= 15 is 0 Å². The molecule has 4 aromatic rings.